The van der Waals surface area contributed by atoms with Crippen molar-refractivity contribution < 1.29 is 19.1 Å². The molecular weight excluding hydrogens is 370 g/mol. The van der Waals surface area contributed by atoms with E-state index in [4.69, 9.17) is 0 Å². The molecule has 0 saturated carbocycles. The highest BCUT2D eigenvalue weighted by Crippen LogP contribution is 2.31. The fraction of sp³-hybridized carbons (Fsp3) is 0.182. The number of hydrogen-bond acceptors (Lipinski definition) is 5. The van der Waals surface area contributed by atoms with Crippen LogP contribution in [0.5, 0.6) is 0 Å². The van der Waals surface area contributed by atoms with Gasteiger partial charge < -0.3 is 15.0 Å². The average Bonchev–Trinajstić information content (AvgIpc) is 3.15. The first kappa shape index (κ1) is 18.6. The number of amides is 2. The Hall–Kier alpha value is -3.74. The number of carbonyl (C=O) groups is 3. The van der Waals surface area contributed by atoms with Crippen LogP contribution in [0.25, 0.3) is 10.9 Å². The first-order chi connectivity index (χ1) is 14.1. The maximum Gasteiger partial charge on any atom is 0.337 e. The molecule has 0 radical (unpaired) electrons. The maximum atomic E-state index is 12.7. The van der Waals surface area contributed by atoms with Crippen molar-refractivity contribution in [1.29, 1.82) is 0 Å². The molecule has 1 unspecified atom stereocenters. The molecule has 7 nitrogen and oxygen atoms in total. The van der Waals surface area contributed by atoms with Gasteiger partial charge in [-0.15, -0.1) is 0 Å². The van der Waals surface area contributed by atoms with Gasteiger partial charge in [0.05, 0.1) is 29.8 Å². The molecule has 1 fully saturated rings. The molecule has 1 N–H and O–H groups in total. The van der Waals surface area contributed by atoms with E-state index in [9.17, 15) is 14.4 Å². The molecule has 2 aromatic carbocycles. The summed E-state index contributed by atoms with van der Waals surface area (Å²) < 4.78 is 4.66. The number of carbonyl (C=O) groups excluding carboxylic acids is 3. The second kappa shape index (κ2) is 7.71. The summed E-state index contributed by atoms with van der Waals surface area (Å²) >= 11 is 0. The van der Waals surface area contributed by atoms with Crippen molar-refractivity contribution in [1.82, 2.24) is 4.98 Å². The molecule has 3 aromatic rings. The van der Waals surface area contributed by atoms with Gasteiger partial charge in [-0.05, 0) is 36.4 Å². The molecule has 1 aliphatic rings. The third-order valence-corrected chi connectivity index (χ3v) is 4.97. The molecule has 0 spiro atoms. The molecule has 7 heteroatoms. The molecule has 1 aromatic heterocycles. The van der Waals surface area contributed by atoms with Crippen LogP contribution in [-0.4, -0.2) is 36.4 Å². The summed E-state index contributed by atoms with van der Waals surface area (Å²) in [6, 6.07) is 15.9. The lowest BCUT2D eigenvalue weighted by Crippen LogP contribution is -2.28. The van der Waals surface area contributed by atoms with Crippen molar-refractivity contribution in [3.63, 3.8) is 0 Å². The molecule has 1 atom stereocenters. The smallest absolute Gasteiger partial charge is 0.337 e. The van der Waals surface area contributed by atoms with Crippen molar-refractivity contribution in [3.8, 4) is 0 Å². The van der Waals surface area contributed by atoms with Crippen molar-refractivity contribution in [3.05, 3.63) is 66.4 Å². The highest BCUT2D eigenvalue weighted by Gasteiger charge is 2.36. The minimum absolute atomic E-state index is 0.107. The maximum absolute atomic E-state index is 12.7. The summed E-state index contributed by atoms with van der Waals surface area (Å²) in [4.78, 5) is 42.8. The standard InChI is InChI=1S/C22H19N3O4/c1-29-22(28)15-7-9-17(10-8-15)24-21(27)16-12-19(26)25(13-16)18-6-2-4-14-5-3-11-23-20(14)18/h2-11,16H,12-13H2,1H3,(H,24,27). The van der Waals surface area contributed by atoms with Crippen LogP contribution in [0.3, 0.4) is 0 Å². The van der Waals surface area contributed by atoms with E-state index < -0.39 is 11.9 Å². The van der Waals surface area contributed by atoms with Gasteiger partial charge in [0.15, 0.2) is 0 Å². The molecule has 0 bridgehead atoms. The zero-order valence-electron chi connectivity index (χ0n) is 15.8. The highest BCUT2D eigenvalue weighted by molar-refractivity contribution is 6.07. The number of esters is 1. The first-order valence-corrected chi connectivity index (χ1v) is 9.20. The number of nitrogens with one attached hydrogen (secondary N) is 1. The number of ether oxygens (including phenoxy) is 1. The van der Waals surface area contributed by atoms with Gasteiger partial charge in [0.2, 0.25) is 11.8 Å². The van der Waals surface area contributed by atoms with E-state index in [1.54, 1.807) is 35.4 Å². The van der Waals surface area contributed by atoms with Gasteiger partial charge in [0.25, 0.3) is 0 Å². The van der Waals surface area contributed by atoms with Crippen LogP contribution in [0.2, 0.25) is 0 Å². The van der Waals surface area contributed by atoms with Crippen molar-refractivity contribution in [2.75, 3.05) is 23.9 Å². The lowest BCUT2D eigenvalue weighted by molar-refractivity contribution is -0.122. The summed E-state index contributed by atoms with van der Waals surface area (Å²) in [5.74, 6) is -1.26. The van der Waals surface area contributed by atoms with Crippen LogP contribution >= 0.6 is 0 Å². The van der Waals surface area contributed by atoms with Gasteiger partial charge in [-0.25, -0.2) is 4.79 Å². The minimum atomic E-state index is -0.471. The quantitative estimate of drug-likeness (QED) is 0.693. The first-order valence-electron chi connectivity index (χ1n) is 9.20. The topological polar surface area (TPSA) is 88.6 Å². The summed E-state index contributed by atoms with van der Waals surface area (Å²) in [6.45, 7) is 0.292. The van der Waals surface area contributed by atoms with E-state index in [2.05, 4.69) is 15.0 Å². The van der Waals surface area contributed by atoms with Gasteiger partial charge in [0.1, 0.15) is 0 Å². The number of methoxy groups -OCH3 is 1. The van der Waals surface area contributed by atoms with Gasteiger partial charge in [-0.3, -0.25) is 14.6 Å². The number of benzene rings is 2. The Bertz CT molecular complexity index is 1090. The SMILES string of the molecule is COC(=O)c1ccc(NC(=O)C2CC(=O)N(c3cccc4cccnc34)C2)cc1. The van der Waals surface area contributed by atoms with Crippen molar-refractivity contribution >= 4 is 40.1 Å². The normalized spacial score (nSPS) is 16.1. The van der Waals surface area contributed by atoms with Gasteiger partial charge in [-0.2, -0.15) is 0 Å². The van der Waals surface area contributed by atoms with Gasteiger partial charge >= 0.3 is 5.97 Å². The van der Waals surface area contributed by atoms with Crippen LogP contribution in [0.4, 0.5) is 11.4 Å². The number of fused-ring (bicyclic) bond motifs is 1. The zero-order valence-corrected chi connectivity index (χ0v) is 15.8. The van der Waals surface area contributed by atoms with Crippen LogP contribution < -0.4 is 10.2 Å². The van der Waals surface area contributed by atoms with E-state index >= 15 is 0 Å². The van der Waals surface area contributed by atoms with E-state index in [-0.39, 0.29) is 18.2 Å². The van der Waals surface area contributed by atoms with Crippen LogP contribution in [0, 0.1) is 5.92 Å². The molecule has 2 heterocycles. The predicted octanol–water partition coefficient (Wildman–Crippen LogP) is 3.01. The Morgan fingerprint density at radius 3 is 2.62 bits per heavy atom. The van der Waals surface area contributed by atoms with Crippen molar-refractivity contribution in [2.24, 2.45) is 5.92 Å². The summed E-state index contributed by atoms with van der Waals surface area (Å²) in [5.41, 5.74) is 2.41. The second-order valence-corrected chi connectivity index (χ2v) is 6.82. The summed E-state index contributed by atoms with van der Waals surface area (Å²) in [5, 5.41) is 3.75. The van der Waals surface area contributed by atoms with E-state index in [1.807, 2.05) is 30.3 Å². The van der Waals surface area contributed by atoms with Crippen LogP contribution in [0.15, 0.2) is 60.8 Å². The Kier molecular flexibility index (Phi) is 4.95. The molecule has 0 aliphatic carbocycles. The third kappa shape index (κ3) is 3.67. The molecule has 2 amide bonds. The number of nitrogens with zero attached hydrogens (tertiary/aromatic N) is 2. The van der Waals surface area contributed by atoms with Crippen LogP contribution in [0.1, 0.15) is 16.8 Å². The molecule has 1 saturated heterocycles. The summed E-state index contributed by atoms with van der Waals surface area (Å²) in [6.07, 6.45) is 1.82. The van der Waals surface area contributed by atoms with Crippen molar-refractivity contribution in [2.45, 2.75) is 6.42 Å². The molecule has 1 aliphatic heterocycles. The fourth-order valence-corrected chi connectivity index (χ4v) is 3.47. The molecule has 29 heavy (non-hydrogen) atoms. The average molecular weight is 389 g/mol. The van der Waals surface area contributed by atoms with Gasteiger partial charge in [0, 0.05) is 30.2 Å². The Labute approximate surface area is 167 Å². The highest BCUT2D eigenvalue weighted by atomic mass is 16.5. The number of aromatic nitrogens is 1. The number of rotatable bonds is 4. The fourth-order valence-electron chi connectivity index (χ4n) is 3.47. The third-order valence-electron chi connectivity index (χ3n) is 4.97. The van der Waals surface area contributed by atoms with E-state index in [1.165, 1.54) is 7.11 Å². The Morgan fingerprint density at radius 2 is 1.86 bits per heavy atom. The van der Waals surface area contributed by atoms with E-state index in [0.717, 1.165) is 10.9 Å². The lowest BCUT2D eigenvalue weighted by Gasteiger charge is -2.18. The number of pyridine rings is 1. The monoisotopic (exact) mass is 389 g/mol. The Balaban J connectivity index is 1.49. The lowest BCUT2D eigenvalue weighted by atomic mass is 10.1. The van der Waals surface area contributed by atoms with Crippen LogP contribution in [-0.2, 0) is 14.3 Å². The minimum Gasteiger partial charge on any atom is -0.465 e. The number of anilines is 2. The predicted molar refractivity (Wildman–Crippen MR) is 109 cm³/mol. The van der Waals surface area contributed by atoms with E-state index in [0.29, 0.717) is 23.5 Å². The van der Waals surface area contributed by atoms with Gasteiger partial charge in [-0.1, -0.05) is 18.2 Å². The Morgan fingerprint density at radius 1 is 1.10 bits per heavy atom. The molecule has 4 rings (SSSR count). The molecule has 146 valence electrons. The zero-order chi connectivity index (χ0) is 20.4. The molecular formula is C22H19N3O4. The largest absolute Gasteiger partial charge is 0.465 e. The number of hydrogen-bond donors (Lipinski definition) is 1. The summed E-state index contributed by atoms with van der Waals surface area (Å²) in [7, 11) is 1.31. The second-order valence-electron chi connectivity index (χ2n) is 6.82. The number of para-hydroxylation sites is 1.